The Morgan fingerprint density at radius 2 is 2.11 bits per heavy atom. The van der Waals surface area contributed by atoms with Gasteiger partial charge in [-0.25, -0.2) is 19.7 Å². The van der Waals surface area contributed by atoms with Crippen LogP contribution in [-0.2, 0) is 4.74 Å². The van der Waals surface area contributed by atoms with E-state index in [0.29, 0.717) is 22.8 Å². The number of rotatable bonds is 6. The number of hydrogen-bond donors (Lipinski definition) is 1. The standard InChI is InChI=1S/C19H17N5O4/c1-3-28-19(25)15-10-20-11-22-17(15)14-5-4-8-21-18(14)23-16-9-13(24(26)27)7-6-12(16)2/h4-11H,3H2,1-2H3,(H,21,23). The van der Waals surface area contributed by atoms with Crippen molar-refractivity contribution < 1.29 is 14.5 Å². The van der Waals surface area contributed by atoms with Crippen LogP contribution in [0, 0.1) is 17.0 Å². The number of aryl methyl sites for hydroxylation is 1. The van der Waals surface area contributed by atoms with E-state index in [-0.39, 0.29) is 17.9 Å². The highest BCUT2D eigenvalue weighted by Crippen LogP contribution is 2.31. The Morgan fingerprint density at radius 3 is 2.86 bits per heavy atom. The van der Waals surface area contributed by atoms with Gasteiger partial charge >= 0.3 is 5.97 Å². The number of nitro benzene ring substituents is 1. The molecule has 0 atom stereocenters. The molecule has 2 aromatic heterocycles. The first-order valence-corrected chi connectivity index (χ1v) is 8.45. The Bertz CT molecular complexity index is 1040. The molecule has 3 aromatic rings. The maximum absolute atomic E-state index is 12.3. The van der Waals surface area contributed by atoms with Crippen molar-refractivity contribution in [1.29, 1.82) is 0 Å². The molecule has 0 fully saturated rings. The molecular formula is C19H17N5O4. The molecular weight excluding hydrogens is 362 g/mol. The lowest BCUT2D eigenvalue weighted by molar-refractivity contribution is -0.384. The first-order valence-electron chi connectivity index (χ1n) is 8.45. The SMILES string of the molecule is CCOC(=O)c1cncnc1-c1cccnc1Nc1cc([N+](=O)[O-])ccc1C. The van der Waals surface area contributed by atoms with E-state index in [9.17, 15) is 14.9 Å². The Kier molecular flexibility index (Phi) is 5.54. The van der Waals surface area contributed by atoms with Crippen molar-refractivity contribution in [3.8, 4) is 11.3 Å². The molecule has 0 aliphatic carbocycles. The number of carbonyl (C=O) groups excluding carboxylic acids is 1. The lowest BCUT2D eigenvalue weighted by Crippen LogP contribution is -2.09. The van der Waals surface area contributed by atoms with E-state index in [1.165, 1.54) is 24.7 Å². The van der Waals surface area contributed by atoms with Crippen LogP contribution in [0.25, 0.3) is 11.3 Å². The average Bonchev–Trinajstić information content (AvgIpc) is 2.70. The van der Waals surface area contributed by atoms with E-state index in [1.807, 2.05) is 6.92 Å². The van der Waals surface area contributed by atoms with Gasteiger partial charge in [0.15, 0.2) is 0 Å². The number of esters is 1. The number of ether oxygens (including phenoxy) is 1. The number of benzene rings is 1. The molecule has 142 valence electrons. The summed E-state index contributed by atoms with van der Waals surface area (Å²) >= 11 is 0. The fourth-order valence-corrected chi connectivity index (χ4v) is 2.58. The summed E-state index contributed by atoms with van der Waals surface area (Å²) in [4.78, 5) is 35.3. The Morgan fingerprint density at radius 1 is 1.29 bits per heavy atom. The number of carbonyl (C=O) groups is 1. The number of pyridine rings is 1. The summed E-state index contributed by atoms with van der Waals surface area (Å²) < 4.78 is 5.07. The van der Waals surface area contributed by atoms with Crippen molar-refractivity contribution in [2.45, 2.75) is 13.8 Å². The van der Waals surface area contributed by atoms with Crippen molar-refractivity contribution in [3.63, 3.8) is 0 Å². The second kappa shape index (κ2) is 8.21. The highest BCUT2D eigenvalue weighted by molar-refractivity contribution is 5.97. The zero-order valence-electron chi connectivity index (χ0n) is 15.2. The zero-order chi connectivity index (χ0) is 20.1. The summed E-state index contributed by atoms with van der Waals surface area (Å²) in [6.07, 6.45) is 4.28. The molecule has 1 aromatic carbocycles. The molecule has 1 N–H and O–H groups in total. The minimum atomic E-state index is -0.542. The molecule has 2 heterocycles. The van der Waals surface area contributed by atoms with Crippen LogP contribution in [0.1, 0.15) is 22.8 Å². The van der Waals surface area contributed by atoms with Gasteiger partial charge in [0, 0.05) is 35.8 Å². The lowest BCUT2D eigenvalue weighted by Gasteiger charge is -2.14. The number of nitro groups is 1. The smallest absolute Gasteiger partial charge is 0.341 e. The summed E-state index contributed by atoms with van der Waals surface area (Å²) in [6, 6.07) is 7.96. The van der Waals surface area contributed by atoms with E-state index < -0.39 is 10.9 Å². The van der Waals surface area contributed by atoms with Gasteiger partial charge in [-0.2, -0.15) is 0 Å². The van der Waals surface area contributed by atoms with E-state index in [0.717, 1.165) is 5.56 Å². The summed E-state index contributed by atoms with van der Waals surface area (Å²) in [6.45, 7) is 3.76. The number of nitrogens with one attached hydrogen (secondary N) is 1. The average molecular weight is 379 g/mol. The second-order valence-corrected chi connectivity index (χ2v) is 5.79. The Labute approximate surface area is 160 Å². The maximum Gasteiger partial charge on any atom is 0.341 e. The van der Waals surface area contributed by atoms with E-state index >= 15 is 0 Å². The van der Waals surface area contributed by atoms with Crippen molar-refractivity contribution in [1.82, 2.24) is 15.0 Å². The fraction of sp³-hybridized carbons (Fsp3) is 0.158. The highest BCUT2D eigenvalue weighted by atomic mass is 16.6. The van der Waals surface area contributed by atoms with Crippen molar-refractivity contribution in [2.24, 2.45) is 0 Å². The fourth-order valence-electron chi connectivity index (χ4n) is 2.58. The van der Waals surface area contributed by atoms with E-state index in [4.69, 9.17) is 4.74 Å². The third-order valence-electron chi connectivity index (χ3n) is 3.96. The normalized spacial score (nSPS) is 10.4. The molecule has 9 nitrogen and oxygen atoms in total. The molecule has 0 aliphatic rings. The third kappa shape index (κ3) is 3.93. The summed E-state index contributed by atoms with van der Waals surface area (Å²) in [5.41, 5.74) is 2.39. The van der Waals surface area contributed by atoms with Crippen LogP contribution in [-0.4, -0.2) is 32.5 Å². The molecule has 0 radical (unpaired) electrons. The minimum Gasteiger partial charge on any atom is -0.462 e. The van der Waals surface area contributed by atoms with Crippen molar-refractivity contribution >= 4 is 23.2 Å². The van der Waals surface area contributed by atoms with Gasteiger partial charge in [0.05, 0.1) is 17.2 Å². The summed E-state index contributed by atoms with van der Waals surface area (Å²) in [5, 5.41) is 14.2. The molecule has 0 bridgehead atoms. The Balaban J connectivity index is 2.06. The van der Waals surface area contributed by atoms with Crippen LogP contribution in [0.3, 0.4) is 0 Å². The Hall–Kier alpha value is -3.88. The van der Waals surface area contributed by atoms with Crippen LogP contribution < -0.4 is 5.32 Å². The van der Waals surface area contributed by atoms with Gasteiger partial charge in [0.1, 0.15) is 17.7 Å². The number of aromatic nitrogens is 3. The van der Waals surface area contributed by atoms with Gasteiger partial charge in [0.2, 0.25) is 0 Å². The van der Waals surface area contributed by atoms with Gasteiger partial charge < -0.3 is 10.1 Å². The van der Waals surface area contributed by atoms with Gasteiger partial charge in [-0.15, -0.1) is 0 Å². The summed E-state index contributed by atoms with van der Waals surface area (Å²) in [7, 11) is 0. The maximum atomic E-state index is 12.3. The number of non-ortho nitro benzene ring substituents is 1. The van der Waals surface area contributed by atoms with E-state index in [2.05, 4.69) is 20.3 Å². The predicted octanol–water partition coefficient (Wildman–Crippen LogP) is 3.68. The highest BCUT2D eigenvalue weighted by Gasteiger charge is 2.19. The molecule has 0 saturated carbocycles. The van der Waals surface area contributed by atoms with Gasteiger partial charge in [0.25, 0.3) is 5.69 Å². The molecule has 0 amide bonds. The first kappa shape index (κ1) is 18.9. The van der Waals surface area contributed by atoms with Crippen LogP contribution >= 0.6 is 0 Å². The largest absolute Gasteiger partial charge is 0.462 e. The second-order valence-electron chi connectivity index (χ2n) is 5.79. The van der Waals surface area contributed by atoms with Gasteiger partial charge in [-0.05, 0) is 31.5 Å². The van der Waals surface area contributed by atoms with Crippen molar-refractivity contribution in [3.05, 3.63) is 70.3 Å². The van der Waals surface area contributed by atoms with Crippen LogP contribution in [0.5, 0.6) is 0 Å². The van der Waals surface area contributed by atoms with Gasteiger partial charge in [-0.1, -0.05) is 6.07 Å². The topological polar surface area (TPSA) is 120 Å². The van der Waals surface area contributed by atoms with Crippen LogP contribution in [0.4, 0.5) is 17.2 Å². The van der Waals surface area contributed by atoms with Crippen LogP contribution in [0.2, 0.25) is 0 Å². The quantitative estimate of drug-likeness (QED) is 0.391. The molecule has 28 heavy (non-hydrogen) atoms. The van der Waals surface area contributed by atoms with Crippen LogP contribution in [0.15, 0.2) is 49.1 Å². The predicted molar refractivity (Wildman–Crippen MR) is 102 cm³/mol. The number of hydrogen-bond acceptors (Lipinski definition) is 8. The number of anilines is 2. The summed E-state index contributed by atoms with van der Waals surface area (Å²) in [5.74, 6) is -0.144. The first-order chi connectivity index (χ1) is 13.5. The molecule has 0 saturated heterocycles. The molecule has 0 spiro atoms. The van der Waals surface area contributed by atoms with Gasteiger partial charge in [-0.3, -0.25) is 10.1 Å². The lowest BCUT2D eigenvalue weighted by atomic mass is 10.1. The van der Waals surface area contributed by atoms with E-state index in [1.54, 1.807) is 31.3 Å². The monoisotopic (exact) mass is 379 g/mol. The molecule has 3 rings (SSSR count). The molecule has 9 heteroatoms. The third-order valence-corrected chi connectivity index (χ3v) is 3.96. The molecule has 0 aliphatic heterocycles. The molecule has 0 unspecified atom stereocenters. The van der Waals surface area contributed by atoms with Crippen molar-refractivity contribution in [2.75, 3.05) is 11.9 Å². The zero-order valence-corrected chi connectivity index (χ0v) is 15.2. The number of nitrogens with zero attached hydrogens (tertiary/aromatic N) is 4. The minimum absolute atomic E-state index is 0.0418.